The van der Waals surface area contributed by atoms with Crippen LogP contribution in [0.5, 0.6) is 5.75 Å². The van der Waals surface area contributed by atoms with Crippen molar-refractivity contribution in [2.45, 2.75) is 18.9 Å². The second kappa shape index (κ2) is 8.08. The lowest BCUT2D eigenvalue weighted by Gasteiger charge is -2.10. The smallest absolute Gasteiger partial charge is 0.328 e. The molecule has 7 heteroatoms. The summed E-state index contributed by atoms with van der Waals surface area (Å²) in [5.41, 5.74) is 0. The summed E-state index contributed by atoms with van der Waals surface area (Å²) in [7, 11) is 0. The summed E-state index contributed by atoms with van der Waals surface area (Å²) in [6.45, 7) is -0.945. The summed E-state index contributed by atoms with van der Waals surface area (Å²) < 4.78 is 30.1. The van der Waals surface area contributed by atoms with Gasteiger partial charge in [0, 0.05) is 6.42 Å². The zero-order valence-corrected chi connectivity index (χ0v) is 10.6. The third-order valence-corrected chi connectivity index (χ3v) is 2.42. The van der Waals surface area contributed by atoms with Gasteiger partial charge < -0.3 is 15.2 Å². The molecule has 5 nitrogen and oxygen atoms in total. The zero-order chi connectivity index (χ0) is 15.0. The van der Waals surface area contributed by atoms with Gasteiger partial charge in [0.15, 0.2) is 6.04 Å². The van der Waals surface area contributed by atoms with Crippen molar-refractivity contribution in [1.29, 1.82) is 0 Å². The predicted molar refractivity (Wildman–Crippen MR) is 66.7 cm³/mol. The predicted octanol–water partition coefficient (Wildman–Crippen LogP) is 1.52. The van der Waals surface area contributed by atoms with Crippen molar-refractivity contribution in [2.24, 2.45) is 0 Å². The number of ether oxygens (including phenoxy) is 1. The van der Waals surface area contributed by atoms with Crippen molar-refractivity contribution < 1.29 is 28.2 Å². The van der Waals surface area contributed by atoms with Crippen LogP contribution in [0, 0.1) is 5.82 Å². The van der Waals surface area contributed by atoms with Crippen LogP contribution in [0.1, 0.15) is 12.8 Å². The molecular weight excluding hydrogens is 272 g/mol. The van der Waals surface area contributed by atoms with Gasteiger partial charge in [-0.15, -0.1) is 0 Å². The number of carbonyl (C=O) groups excluding carboxylic acids is 1. The summed E-state index contributed by atoms with van der Waals surface area (Å²) >= 11 is 0. The van der Waals surface area contributed by atoms with Crippen LogP contribution in [0.4, 0.5) is 8.78 Å². The second-order valence-corrected chi connectivity index (χ2v) is 4.02. The van der Waals surface area contributed by atoms with Crippen LogP contribution in [0.3, 0.4) is 0 Å². The summed E-state index contributed by atoms with van der Waals surface area (Å²) in [5.74, 6) is -1.87. The highest BCUT2D eigenvalue weighted by atomic mass is 19.1. The Hall–Kier alpha value is -2.18. The number of halogens is 2. The molecule has 0 aliphatic rings. The molecule has 0 bridgehead atoms. The average molecular weight is 287 g/mol. The highest BCUT2D eigenvalue weighted by molar-refractivity contribution is 5.83. The second-order valence-electron chi connectivity index (χ2n) is 4.02. The quantitative estimate of drug-likeness (QED) is 0.711. The molecular formula is C13H15F2NO4. The van der Waals surface area contributed by atoms with Gasteiger partial charge in [-0.3, -0.25) is 4.79 Å². The molecule has 0 heterocycles. The van der Waals surface area contributed by atoms with Gasteiger partial charge in [0.1, 0.15) is 18.2 Å². The van der Waals surface area contributed by atoms with Gasteiger partial charge >= 0.3 is 5.97 Å². The first kappa shape index (κ1) is 15.9. The van der Waals surface area contributed by atoms with Gasteiger partial charge in [0.05, 0.1) is 6.61 Å². The van der Waals surface area contributed by atoms with E-state index in [1.54, 1.807) is 0 Å². The van der Waals surface area contributed by atoms with E-state index in [9.17, 15) is 18.4 Å². The fraction of sp³-hybridized carbons (Fsp3) is 0.385. The van der Waals surface area contributed by atoms with Crippen LogP contribution in [0.2, 0.25) is 0 Å². The molecule has 1 amide bonds. The van der Waals surface area contributed by atoms with E-state index in [1.165, 1.54) is 24.3 Å². The number of hydrogen-bond acceptors (Lipinski definition) is 3. The molecule has 0 aromatic heterocycles. The van der Waals surface area contributed by atoms with E-state index in [2.05, 4.69) is 5.32 Å². The van der Waals surface area contributed by atoms with Crippen molar-refractivity contribution in [3.05, 3.63) is 30.1 Å². The standard InChI is InChI=1S/C13H15F2NO4/c14-8-11(13(18)19)16-12(17)2-1-7-20-10-5-3-9(15)4-6-10/h3-6,11H,1-2,7-8H2,(H,16,17)(H,18,19). The molecule has 20 heavy (non-hydrogen) atoms. The number of hydrogen-bond donors (Lipinski definition) is 2. The van der Waals surface area contributed by atoms with Crippen molar-refractivity contribution in [3.63, 3.8) is 0 Å². The van der Waals surface area contributed by atoms with E-state index in [1.807, 2.05) is 0 Å². The fourth-order valence-corrected chi connectivity index (χ4v) is 1.39. The third-order valence-electron chi connectivity index (χ3n) is 2.42. The molecule has 1 aromatic carbocycles. The minimum Gasteiger partial charge on any atom is -0.494 e. The highest BCUT2D eigenvalue weighted by Gasteiger charge is 2.18. The number of carbonyl (C=O) groups is 2. The van der Waals surface area contributed by atoms with Crippen LogP contribution in [0.15, 0.2) is 24.3 Å². The van der Waals surface area contributed by atoms with Crippen LogP contribution in [-0.4, -0.2) is 36.3 Å². The van der Waals surface area contributed by atoms with Crippen molar-refractivity contribution >= 4 is 11.9 Å². The van der Waals surface area contributed by atoms with E-state index in [0.717, 1.165) is 0 Å². The van der Waals surface area contributed by atoms with E-state index < -0.39 is 24.6 Å². The lowest BCUT2D eigenvalue weighted by atomic mass is 10.2. The number of benzene rings is 1. The first-order valence-corrected chi connectivity index (χ1v) is 5.99. The Labute approximate surface area is 114 Å². The number of nitrogens with one attached hydrogen (secondary N) is 1. The van der Waals surface area contributed by atoms with E-state index in [4.69, 9.17) is 9.84 Å². The summed E-state index contributed by atoms with van der Waals surface area (Å²) in [4.78, 5) is 21.8. The zero-order valence-electron chi connectivity index (χ0n) is 10.6. The van der Waals surface area contributed by atoms with Crippen LogP contribution < -0.4 is 10.1 Å². The third kappa shape index (κ3) is 5.64. The maximum absolute atomic E-state index is 12.6. The first-order valence-electron chi connectivity index (χ1n) is 5.99. The topological polar surface area (TPSA) is 75.6 Å². The number of aliphatic carboxylic acids is 1. The Bertz CT molecular complexity index is 450. The van der Waals surface area contributed by atoms with E-state index in [-0.39, 0.29) is 18.8 Å². The molecule has 0 saturated heterocycles. The Morgan fingerprint density at radius 3 is 2.50 bits per heavy atom. The summed E-state index contributed by atoms with van der Waals surface area (Å²) in [6, 6.07) is 3.90. The molecule has 1 unspecified atom stereocenters. The van der Waals surface area contributed by atoms with Gasteiger partial charge in [0.2, 0.25) is 5.91 Å². The molecule has 1 rings (SSSR count). The van der Waals surface area contributed by atoms with Crippen LogP contribution in [-0.2, 0) is 9.59 Å². The molecule has 0 fully saturated rings. The molecule has 0 spiro atoms. The van der Waals surface area contributed by atoms with Crippen LogP contribution in [0.25, 0.3) is 0 Å². The Morgan fingerprint density at radius 2 is 1.95 bits per heavy atom. The number of amides is 1. The molecule has 0 radical (unpaired) electrons. The number of rotatable bonds is 8. The molecule has 1 atom stereocenters. The molecule has 0 saturated carbocycles. The largest absolute Gasteiger partial charge is 0.494 e. The SMILES string of the molecule is O=C(CCCOc1ccc(F)cc1)NC(CF)C(=O)O. The first-order chi connectivity index (χ1) is 9.52. The van der Waals surface area contributed by atoms with Gasteiger partial charge in [-0.25, -0.2) is 13.6 Å². The van der Waals surface area contributed by atoms with Crippen molar-refractivity contribution in [1.82, 2.24) is 5.32 Å². The summed E-state index contributed by atoms with van der Waals surface area (Å²) in [5, 5.41) is 10.6. The molecule has 2 N–H and O–H groups in total. The van der Waals surface area contributed by atoms with Gasteiger partial charge in [-0.2, -0.15) is 0 Å². The van der Waals surface area contributed by atoms with Gasteiger partial charge in [-0.05, 0) is 30.7 Å². The van der Waals surface area contributed by atoms with Gasteiger partial charge in [-0.1, -0.05) is 0 Å². The minimum absolute atomic E-state index is 0.0188. The number of alkyl halides is 1. The van der Waals surface area contributed by atoms with Crippen molar-refractivity contribution in [2.75, 3.05) is 13.3 Å². The van der Waals surface area contributed by atoms with Crippen molar-refractivity contribution in [3.8, 4) is 5.75 Å². The number of carboxylic acids is 1. The number of carboxylic acid groups (broad SMARTS) is 1. The fourth-order valence-electron chi connectivity index (χ4n) is 1.39. The Morgan fingerprint density at radius 1 is 1.30 bits per heavy atom. The maximum Gasteiger partial charge on any atom is 0.328 e. The highest BCUT2D eigenvalue weighted by Crippen LogP contribution is 2.11. The average Bonchev–Trinajstić information content (AvgIpc) is 2.42. The lowest BCUT2D eigenvalue weighted by molar-refractivity contribution is -0.142. The van der Waals surface area contributed by atoms with E-state index >= 15 is 0 Å². The van der Waals surface area contributed by atoms with E-state index in [0.29, 0.717) is 12.2 Å². The Kier molecular flexibility index (Phi) is 6.42. The van der Waals surface area contributed by atoms with Crippen LogP contribution >= 0.6 is 0 Å². The monoisotopic (exact) mass is 287 g/mol. The normalized spacial score (nSPS) is 11.7. The minimum atomic E-state index is -1.51. The molecule has 0 aliphatic carbocycles. The van der Waals surface area contributed by atoms with Gasteiger partial charge in [0.25, 0.3) is 0 Å². The molecule has 1 aromatic rings. The Balaban J connectivity index is 2.22. The lowest BCUT2D eigenvalue weighted by Crippen LogP contribution is -2.42. The molecule has 110 valence electrons. The summed E-state index contributed by atoms with van der Waals surface area (Å²) in [6.07, 6.45) is 0.354. The molecule has 0 aliphatic heterocycles. The maximum atomic E-state index is 12.6.